The maximum absolute atomic E-state index is 11.1. The lowest BCUT2D eigenvalue weighted by molar-refractivity contribution is -0.117. The molecule has 0 atom stereocenters. The van der Waals surface area contributed by atoms with Gasteiger partial charge < -0.3 is 26.5 Å². The van der Waals surface area contributed by atoms with E-state index in [-0.39, 0.29) is 24.4 Å². The van der Waals surface area contributed by atoms with Gasteiger partial charge in [-0.1, -0.05) is 0 Å². The number of hydrogen-bond acceptors (Lipinski definition) is 6. The molecule has 7 N–H and O–H groups in total. The van der Waals surface area contributed by atoms with E-state index in [0.29, 0.717) is 11.2 Å². The Kier molecular flexibility index (Phi) is 3.34. The molecule has 0 fully saturated rings. The highest BCUT2D eigenvalue weighted by Gasteiger charge is 2.17. The second-order valence-electron chi connectivity index (χ2n) is 4.21. The lowest BCUT2D eigenvalue weighted by Gasteiger charge is -2.23. The first-order valence-electron chi connectivity index (χ1n) is 5.60. The van der Waals surface area contributed by atoms with E-state index >= 15 is 0 Å². The molecule has 1 heterocycles. The van der Waals surface area contributed by atoms with Gasteiger partial charge in [-0.05, 0) is 6.07 Å². The smallest absolute Gasteiger partial charge is 0.408 e. The Hall–Kier alpha value is -2.97. The fourth-order valence-electron chi connectivity index (χ4n) is 1.88. The van der Waals surface area contributed by atoms with Crippen molar-refractivity contribution >= 4 is 34.3 Å². The zero-order valence-corrected chi connectivity index (χ0v) is 10.4. The number of rotatable bonds is 5. The Morgan fingerprint density at radius 2 is 1.80 bits per heavy atom. The maximum atomic E-state index is 11.1. The van der Waals surface area contributed by atoms with E-state index in [1.165, 1.54) is 17.0 Å². The van der Waals surface area contributed by atoms with Crippen LogP contribution in [-0.2, 0) is 9.59 Å². The fourth-order valence-corrected chi connectivity index (χ4v) is 1.88. The summed E-state index contributed by atoms with van der Waals surface area (Å²) in [7, 11) is 0. The Morgan fingerprint density at radius 1 is 1.20 bits per heavy atom. The molecule has 0 unspecified atom stereocenters. The van der Waals surface area contributed by atoms with Gasteiger partial charge in [0.15, 0.2) is 5.58 Å². The largest absolute Gasteiger partial charge is 0.417 e. The number of nitrogens with two attached hydrogens (primary N) is 3. The quantitative estimate of drug-likeness (QED) is 0.486. The second kappa shape index (κ2) is 4.96. The third kappa shape index (κ3) is 2.71. The molecular formula is C11H13N5O4. The van der Waals surface area contributed by atoms with E-state index in [1.54, 1.807) is 0 Å². The van der Waals surface area contributed by atoms with E-state index in [0.717, 1.165) is 0 Å². The van der Waals surface area contributed by atoms with Crippen LogP contribution >= 0.6 is 0 Å². The molecule has 9 heteroatoms. The van der Waals surface area contributed by atoms with Gasteiger partial charge >= 0.3 is 5.76 Å². The molecule has 0 spiro atoms. The highest BCUT2D eigenvalue weighted by atomic mass is 16.4. The van der Waals surface area contributed by atoms with Crippen LogP contribution in [0.15, 0.2) is 21.3 Å². The number of aromatic nitrogens is 1. The summed E-state index contributed by atoms with van der Waals surface area (Å²) in [5.41, 5.74) is 17.3. The number of benzene rings is 1. The van der Waals surface area contributed by atoms with Crippen LogP contribution in [0.1, 0.15) is 0 Å². The van der Waals surface area contributed by atoms with Crippen molar-refractivity contribution < 1.29 is 14.0 Å². The molecule has 0 saturated heterocycles. The summed E-state index contributed by atoms with van der Waals surface area (Å²) >= 11 is 0. The van der Waals surface area contributed by atoms with Crippen LogP contribution in [0.4, 0.5) is 11.4 Å². The minimum atomic E-state index is -0.647. The summed E-state index contributed by atoms with van der Waals surface area (Å²) in [4.78, 5) is 37.0. The van der Waals surface area contributed by atoms with Crippen molar-refractivity contribution in [3.8, 4) is 0 Å². The number of nitrogen functional groups attached to an aromatic ring is 1. The molecule has 1 aromatic carbocycles. The number of oxazole rings is 1. The molecule has 2 aromatic rings. The number of fused-ring (bicyclic) bond motifs is 1. The summed E-state index contributed by atoms with van der Waals surface area (Å²) in [6.07, 6.45) is 0. The second-order valence-corrected chi connectivity index (χ2v) is 4.21. The average Bonchev–Trinajstić information content (AvgIpc) is 2.65. The van der Waals surface area contributed by atoms with E-state index < -0.39 is 17.6 Å². The molecule has 0 aliphatic heterocycles. The number of carbonyl (C=O) groups is 2. The molecule has 0 aliphatic rings. The van der Waals surface area contributed by atoms with Crippen molar-refractivity contribution in [3.63, 3.8) is 0 Å². The molecule has 0 aliphatic carbocycles. The monoisotopic (exact) mass is 279 g/mol. The van der Waals surface area contributed by atoms with Gasteiger partial charge in [-0.25, -0.2) is 4.79 Å². The van der Waals surface area contributed by atoms with Crippen molar-refractivity contribution in [2.45, 2.75) is 0 Å². The Labute approximate surface area is 112 Å². The minimum Gasteiger partial charge on any atom is -0.408 e. The van der Waals surface area contributed by atoms with Crippen LogP contribution in [0.25, 0.3) is 11.1 Å². The predicted molar refractivity (Wildman–Crippen MR) is 71.8 cm³/mol. The van der Waals surface area contributed by atoms with Crippen LogP contribution in [0.2, 0.25) is 0 Å². The van der Waals surface area contributed by atoms with E-state index in [2.05, 4.69) is 4.98 Å². The third-order valence-corrected chi connectivity index (χ3v) is 2.60. The van der Waals surface area contributed by atoms with Gasteiger partial charge in [-0.3, -0.25) is 14.6 Å². The number of nitrogens with one attached hydrogen (secondary N) is 1. The topological polar surface area (TPSA) is 161 Å². The van der Waals surface area contributed by atoms with E-state index in [1.807, 2.05) is 0 Å². The number of amides is 2. The van der Waals surface area contributed by atoms with Gasteiger partial charge in [0.2, 0.25) is 11.8 Å². The van der Waals surface area contributed by atoms with Crippen molar-refractivity contribution in [2.75, 3.05) is 23.7 Å². The standard InChI is InChI=1S/C11H13N5O4/c12-5-1-8-6(15-11(19)20-8)2-7(5)16(3-9(13)17)4-10(14)18/h1-2H,3-4,12H2,(H2,13,17)(H2,14,18)(H,15,19). The molecule has 2 amide bonds. The summed E-state index contributed by atoms with van der Waals surface area (Å²) < 4.78 is 4.85. The molecule has 0 bridgehead atoms. The van der Waals surface area contributed by atoms with Crippen LogP contribution in [0, 0.1) is 0 Å². The normalized spacial score (nSPS) is 10.6. The molecule has 2 rings (SSSR count). The fraction of sp³-hybridized carbons (Fsp3) is 0.182. The first kappa shape index (κ1) is 13.5. The maximum Gasteiger partial charge on any atom is 0.417 e. The highest BCUT2D eigenvalue weighted by Crippen LogP contribution is 2.27. The molecular weight excluding hydrogens is 266 g/mol. The summed E-state index contributed by atoms with van der Waals surface area (Å²) in [5, 5.41) is 0. The Morgan fingerprint density at radius 3 is 2.35 bits per heavy atom. The van der Waals surface area contributed by atoms with Gasteiger partial charge in [0, 0.05) is 6.07 Å². The van der Waals surface area contributed by atoms with Crippen molar-refractivity contribution in [2.24, 2.45) is 11.5 Å². The Balaban J connectivity index is 2.50. The Bertz CT molecular complexity index is 716. The average molecular weight is 279 g/mol. The van der Waals surface area contributed by atoms with Crippen LogP contribution in [-0.4, -0.2) is 29.9 Å². The van der Waals surface area contributed by atoms with E-state index in [4.69, 9.17) is 21.6 Å². The van der Waals surface area contributed by atoms with Gasteiger partial charge in [0.1, 0.15) is 0 Å². The number of aromatic amines is 1. The molecule has 9 nitrogen and oxygen atoms in total. The number of hydrogen-bond donors (Lipinski definition) is 4. The number of H-pyrrole nitrogens is 1. The van der Waals surface area contributed by atoms with Crippen LogP contribution < -0.4 is 27.9 Å². The number of nitrogens with zero attached hydrogens (tertiary/aromatic N) is 1. The SMILES string of the molecule is NC(=O)CN(CC(N)=O)c1cc2[nH]c(=O)oc2cc1N. The van der Waals surface area contributed by atoms with E-state index in [9.17, 15) is 14.4 Å². The van der Waals surface area contributed by atoms with Crippen LogP contribution in [0.3, 0.4) is 0 Å². The van der Waals surface area contributed by atoms with Gasteiger partial charge in [-0.15, -0.1) is 0 Å². The predicted octanol–water partition coefficient (Wildman–Crippen LogP) is -1.52. The lowest BCUT2D eigenvalue weighted by Crippen LogP contribution is -2.40. The van der Waals surface area contributed by atoms with Crippen molar-refractivity contribution in [1.29, 1.82) is 0 Å². The highest BCUT2D eigenvalue weighted by molar-refractivity contribution is 5.91. The molecule has 0 radical (unpaired) electrons. The zero-order valence-electron chi connectivity index (χ0n) is 10.4. The number of carbonyl (C=O) groups excluding carboxylic acids is 2. The first-order valence-corrected chi connectivity index (χ1v) is 5.60. The molecule has 106 valence electrons. The molecule has 0 saturated carbocycles. The zero-order chi connectivity index (χ0) is 14.9. The summed E-state index contributed by atoms with van der Waals surface area (Å²) in [6.45, 7) is -0.471. The summed E-state index contributed by atoms with van der Waals surface area (Å²) in [5.74, 6) is -1.93. The minimum absolute atomic E-state index is 0.225. The molecule has 20 heavy (non-hydrogen) atoms. The molecule has 1 aromatic heterocycles. The summed E-state index contributed by atoms with van der Waals surface area (Å²) in [6, 6.07) is 2.90. The van der Waals surface area contributed by atoms with Gasteiger partial charge in [-0.2, -0.15) is 0 Å². The lowest BCUT2D eigenvalue weighted by atomic mass is 10.2. The van der Waals surface area contributed by atoms with Crippen molar-refractivity contribution in [3.05, 3.63) is 22.7 Å². The van der Waals surface area contributed by atoms with Gasteiger partial charge in [0.25, 0.3) is 0 Å². The number of primary amides is 2. The van der Waals surface area contributed by atoms with Gasteiger partial charge in [0.05, 0.1) is 30.0 Å². The van der Waals surface area contributed by atoms with Crippen LogP contribution in [0.5, 0.6) is 0 Å². The first-order chi connectivity index (χ1) is 9.36. The third-order valence-electron chi connectivity index (χ3n) is 2.60. The van der Waals surface area contributed by atoms with Crippen molar-refractivity contribution in [1.82, 2.24) is 4.98 Å². The number of anilines is 2.